The summed E-state index contributed by atoms with van der Waals surface area (Å²) in [5.74, 6) is 6.21. The van der Waals surface area contributed by atoms with Crippen molar-refractivity contribution in [2.45, 2.75) is 19.3 Å². The lowest BCUT2D eigenvalue weighted by molar-refractivity contribution is 0.143. The summed E-state index contributed by atoms with van der Waals surface area (Å²) in [6.45, 7) is 2.70. The maximum absolute atomic E-state index is 12.1. The van der Waals surface area contributed by atoms with E-state index in [4.69, 9.17) is 4.74 Å². The molecular weight excluding hydrogens is 360 g/mol. The quantitative estimate of drug-likeness (QED) is 0.527. The molecule has 4 heteroatoms. The highest BCUT2D eigenvalue weighted by atomic mass is 16.5. The normalized spacial score (nSPS) is 11.8. The Morgan fingerprint density at radius 3 is 2.41 bits per heavy atom. The van der Waals surface area contributed by atoms with Gasteiger partial charge in [-0.2, -0.15) is 0 Å². The Morgan fingerprint density at radius 1 is 1.03 bits per heavy atom. The summed E-state index contributed by atoms with van der Waals surface area (Å²) in [7, 11) is 0. The first-order valence-electron chi connectivity index (χ1n) is 9.73. The van der Waals surface area contributed by atoms with Crippen LogP contribution in [0.1, 0.15) is 34.7 Å². The van der Waals surface area contributed by atoms with Gasteiger partial charge in [0.1, 0.15) is 6.61 Å². The summed E-state index contributed by atoms with van der Waals surface area (Å²) < 4.78 is 5.52. The highest BCUT2D eigenvalue weighted by Crippen LogP contribution is 2.44. The van der Waals surface area contributed by atoms with Crippen molar-refractivity contribution in [1.82, 2.24) is 10.3 Å². The smallest absolute Gasteiger partial charge is 0.407 e. The van der Waals surface area contributed by atoms with Crippen molar-refractivity contribution >= 4 is 6.09 Å². The lowest BCUT2D eigenvalue weighted by Crippen LogP contribution is -2.26. The summed E-state index contributed by atoms with van der Waals surface area (Å²) in [6.07, 6.45) is 1.89. The molecule has 1 aromatic heterocycles. The number of carbonyl (C=O) groups is 1. The molecule has 1 N–H and O–H groups in total. The summed E-state index contributed by atoms with van der Waals surface area (Å²) in [5, 5.41) is 2.78. The molecule has 4 rings (SSSR count). The summed E-state index contributed by atoms with van der Waals surface area (Å²) in [5.41, 5.74) is 6.67. The van der Waals surface area contributed by atoms with Crippen LogP contribution in [-0.2, 0) is 4.74 Å². The fourth-order valence-corrected chi connectivity index (χ4v) is 3.65. The summed E-state index contributed by atoms with van der Waals surface area (Å²) in [4.78, 5) is 16.3. The van der Waals surface area contributed by atoms with Gasteiger partial charge in [-0.15, -0.1) is 0 Å². The van der Waals surface area contributed by atoms with Gasteiger partial charge < -0.3 is 10.1 Å². The van der Waals surface area contributed by atoms with Gasteiger partial charge in [0.2, 0.25) is 0 Å². The lowest BCUT2D eigenvalue weighted by atomic mass is 9.98. The van der Waals surface area contributed by atoms with Gasteiger partial charge in [-0.25, -0.2) is 4.79 Å². The second-order valence-corrected chi connectivity index (χ2v) is 6.94. The molecule has 0 saturated carbocycles. The van der Waals surface area contributed by atoms with Crippen LogP contribution in [-0.4, -0.2) is 24.2 Å². The van der Waals surface area contributed by atoms with E-state index in [1.54, 1.807) is 6.20 Å². The molecule has 1 aliphatic carbocycles. The van der Waals surface area contributed by atoms with E-state index >= 15 is 0 Å². The third kappa shape index (κ3) is 4.14. The van der Waals surface area contributed by atoms with Crippen LogP contribution in [0.2, 0.25) is 0 Å². The van der Waals surface area contributed by atoms with Crippen LogP contribution in [0.4, 0.5) is 4.79 Å². The molecular formula is C25H22N2O2. The number of benzene rings is 2. The minimum atomic E-state index is -0.411. The van der Waals surface area contributed by atoms with E-state index in [0.717, 1.165) is 11.3 Å². The number of ether oxygens (including phenoxy) is 1. The molecule has 0 aliphatic heterocycles. The highest BCUT2D eigenvalue weighted by Gasteiger charge is 2.28. The fraction of sp³-hybridized carbons (Fsp3) is 0.200. The third-order valence-electron chi connectivity index (χ3n) is 5.09. The third-order valence-corrected chi connectivity index (χ3v) is 5.09. The molecule has 1 aliphatic rings. The van der Waals surface area contributed by atoms with Crippen molar-refractivity contribution < 1.29 is 9.53 Å². The van der Waals surface area contributed by atoms with Crippen molar-refractivity contribution in [3.63, 3.8) is 0 Å². The van der Waals surface area contributed by atoms with E-state index in [-0.39, 0.29) is 5.92 Å². The van der Waals surface area contributed by atoms with Crippen LogP contribution < -0.4 is 5.32 Å². The zero-order valence-corrected chi connectivity index (χ0v) is 16.3. The Morgan fingerprint density at radius 2 is 1.72 bits per heavy atom. The number of aryl methyl sites for hydroxylation is 1. The number of pyridine rings is 1. The van der Waals surface area contributed by atoms with Gasteiger partial charge in [0.15, 0.2) is 0 Å². The molecule has 29 heavy (non-hydrogen) atoms. The number of hydrogen-bond donors (Lipinski definition) is 1. The van der Waals surface area contributed by atoms with Gasteiger partial charge in [-0.1, -0.05) is 60.4 Å². The summed E-state index contributed by atoms with van der Waals surface area (Å²) >= 11 is 0. The number of alkyl carbamates (subject to hydrolysis) is 1. The van der Waals surface area contributed by atoms with E-state index in [0.29, 0.717) is 19.6 Å². The predicted octanol–water partition coefficient (Wildman–Crippen LogP) is 4.67. The number of aromatic nitrogens is 1. The predicted molar refractivity (Wildman–Crippen MR) is 114 cm³/mol. The van der Waals surface area contributed by atoms with E-state index in [2.05, 4.69) is 46.4 Å². The number of carbonyl (C=O) groups excluding carboxylic acids is 1. The van der Waals surface area contributed by atoms with E-state index in [1.807, 2.05) is 43.3 Å². The van der Waals surface area contributed by atoms with Crippen LogP contribution >= 0.6 is 0 Å². The van der Waals surface area contributed by atoms with Gasteiger partial charge in [0.05, 0.1) is 5.69 Å². The maximum Gasteiger partial charge on any atom is 0.407 e. The molecule has 1 heterocycles. The molecule has 2 aromatic carbocycles. The number of nitrogens with zero attached hydrogens (tertiary/aromatic N) is 1. The largest absolute Gasteiger partial charge is 0.449 e. The van der Waals surface area contributed by atoms with Crippen molar-refractivity contribution in [3.05, 3.63) is 89.2 Å². The molecule has 3 aromatic rings. The van der Waals surface area contributed by atoms with Crippen LogP contribution in [0.25, 0.3) is 11.1 Å². The van der Waals surface area contributed by atoms with Crippen LogP contribution in [0.3, 0.4) is 0 Å². The minimum Gasteiger partial charge on any atom is -0.449 e. The molecule has 0 spiro atoms. The zero-order chi connectivity index (χ0) is 20.1. The first-order valence-corrected chi connectivity index (χ1v) is 9.73. The van der Waals surface area contributed by atoms with E-state index < -0.39 is 6.09 Å². The van der Waals surface area contributed by atoms with Gasteiger partial charge in [-0.05, 0) is 41.3 Å². The van der Waals surface area contributed by atoms with Crippen LogP contribution in [0.15, 0.2) is 66.9 Å². The molecule has 0 fully saturated rings. The molecule has 0 radical (unpaired) electrons. The topological polar surface area (TPSA) is 51.2 Å². The monoisotopic (exact) mass is 382 g/mol. The maximum atomic E-state index is 12.1. The van der Waals surface area contributed by atoms with E-state index in [9.17, 15) is 4.79 Å². The van der Waals surface area contributed by atoms with Crippen molar-refractivity contribution in [2.24, 2.45) is 0 Å². The van der Waals surface area contributed by atoms with Crippen LogP contribution in [0, 0.1) is 18.8 Å². The number of fused-ring (bicyclic) bond motifs is 3. The van der Waals surface area contributed by atoms with Crippen molar-refractivity contribution in [2.75, 3.05) is 13.2 Å². The Kier molecular flexibility index (Phi) is 5.58. The van der Waals surface area contributed by atoms with Gasteiger partial charge in [-0.3, -0.25) is 4.98 Å². The molecule has 0 bridgehead atoms. The number of hydrogen-bond acceptors (Lipinski definition) is 3. The minimum absolute atomic E-state index is 0.0708. The Labute approximate surface area is 171 Å². The average molecular weight is 382 g/mol. The lowest BCUT2D eigenvalue weighted by Gasteiger charge is -2.14. The molecule has 1 amide bonds. The molecule has 0 atom stereocenters. The first-order chi connectivity index (χ1) is 14.2. The average Bonchev–Trinajstić information content (AvgIpc) is 3.07. The second kappa shape index (κ2) is 8.62. The molecule has 0 unspecified atom stereocenters. The Hall–Kier alpha value is -3.58. The zero-order valence-electron chi connectivity index (χ0n) is 16.3. The number of amides is 1. The van der Waals surface area contributed by atoms with Crippen molar-refractivity contribution in [3.8, 4) is 23.0 Å². The Balaban J connectivity index is 1.30. The fourth-order valence-electron chi connectivity index (χ4n) is 3.65. The molecule has 4 nitrogen and oxygen atoms in total. The first kappa shape index (κ1) is 18.8. The molecule has 144 valence electrons. The molecule has 0 saturated heterocycles. The Bertz CT molecular complexity index is 1050. The SMILES string of the molecule is Cc1ncccc1C#CCCNC(=O)OCC1c2ccccc2-c2ccccc21. The van der Waals surface area contributed by atoms with Gasteiger partial charge in [0.25, 0.3) is 0 Å². The van der Waals surface area contributed by atoms with Gasteiger partial charge in [0, 0.05) is 30.6 Å². The van der Waals surface area contributed by atoms with E-state index in [1.165, 1.54) is 22.3 Å². The summed E-state index contributed by atoms with van der Waals surface area (Å²) in [6, 6.07) is 20.4. The van der Waals surface area contributed by atoms with Crippen LogP contribution in [0.5, 0.6) is 0 Å². The van der Waals surface area contributed by atoms with Gasteiger partial charge >= 0.3 is 6.09 Å². The van der Waals surface area contributed by atoms with Crippen molar-refractivity contribution in [1.29, 1.82) is 0 Å². The number of nitrogens with one attached hydrogen (secondary N) is 1. The second-order valence-electron chi connectivity index (χ2n) is 6.94. The standard InChI is InChI=1S/C25H22N2O2/c1-18-19(10-8-16-26-18)9-6-7-15-27-25(28)29-17-24-22-13-4-2-11-20(22)21-12-3-5-14-23(21)24/h2-5,8,10-14,16,24H,7,15,17H2,1H3,(H,27,28). The highest BCUT2D eigenvalue weighted by molar-refractivity contribution is 5.79. The number of rotatable bonds is 4.